The maximum Gasteiger partial charge on any atom is 0.433 e. The molecule has 30 heavy (non-hydrogen) atoms. The van der Waals surface area contributed by atoms with Crippen molar-refractivity contribution >= 4 is 18.0 Å². The van der Waals surface area contributed by atoms with E-state index in [0.717, 1.165) is 45.6 Å². The molecule has 1 aromatic rings. The Morgan fingerprint density at radius 2 is 1.90 bits per heavy atom. The zero-order valence-corrected chi connectivity index (χ0v) is 18.0. The average molecular weight is 418 g/mol. The van der Waals surface area contributed by atoms with Gasteiger partial charge in [0.05, 0.1) is 18.8 Å². The highest BCUT2D eigenvalue weighted by Crippen LogP contribution is 2.13. The number of rotatable bonds is 10. The fourth-order valence-corrected chi connectivity index (χ4v) is 3.02. The van der Waals surface area contributed by atoms with Crippen LogP contribution < -0.4 is 5.43 Å². The van der Waals surface area contributed by atoms with Crippen molar-refractivity contribution in [1.82, 2.24) is 15.2 Å². The summed E-state index contributed by atoms with van der Waals surface area (Å²) in [6.45, 7) is 11.1. The van der Waals surface area contributed by atoms with Gasteiger partial charge in [0.25, 0.3) is 5.91 Å². The summed E-state index contributed by atoms with van der Waals surface area (Å²) < 4.78 is 4.94. The van der Waals surface area contributed by atoms with Crippen molar-refractivity contribution in [2.75, 3.05) is 39.3 Å². The summed E-state index contributed by atoms with van der Waals surface area (Å²) in [6, 6.07) is 2.66. The number of nitro groups is 1. The van der Waals surface area contributed by atoms with E-state index in [1.807, 2.05) is 0 Å². The number of hydrogen-bond donors (Lipinski definition) is 1. The molecule has 1 aliphatic heterocycles. The molecule has 2 heterocycles. The van der Waals surface area contributed by atoms with Crippen LogP contribution in [0.2, 0.25) is 0 Å². The van der Waals surface area contributed by atoms with Crippen LogP contribution in [-0.4, -0.2) is 66.1 Å². The molecule has 0 spiro atoms. The molecule has 1 aromatic heterocycles. The summed E-state index contributed by atoms with van der Waals surface area (Å²) in [5, 5.41) is 14.4. The molecule has 1 amide bonds. The first-order chi connectivity index (χ1) is 14.3. The molecule has 0 radical (unpaired) electrons. The Bertz CT molecular complexity index is 800. The van der Waals surface area contributed by atoms with Crippen LogP contribution >= 0.6 is 0 Å². The van der Waals surface area contributed by atoms with Crippen molar-refractivity contribution in [3.8, 4) is 0 Å². The number of hydrogen-bond acceptors (Lipinski definition) is 7. The first-order valence-corrected chi connectivity index (χ1v) is 10.1. The van der Waals surface area contributed by atoms with Crippen molar-refractivity contribution in [2.45, 2.75) is 33.6 Å². The minimum absolute atomic E-state index is 0.208. The van der Waals surface area contributed by atoms with Gasteiger partial charge in [0.15, 0.2) is 5.76 Å². The van der Waals surface area contributed by atoms with Gasteiger partial charge < -0.3 is 4.42 Å². The van der Waals surface area contributed by atoms with Gasteiger partial charge in [-0.05, 0) is 39.7 Å². The van der Waals surface area contributed by atoms with Crippen molar-refractivity contribution in [3.63, 3.8) is 0 Å². The largest absolute Gasteiger partial charge is 0.433 e. The van der Waals surface area contributed by atoms with Crippen LogP contribution in [-0.2, 0) is 4.79 Å². The first-order valence-electron chi connectivity index (χ1n) is 10.1. The van der Waals surface area contributed by atoms with E-state index >= 15 is 0 Å². The highest BCUT2D eigenvalue weighted by atomic mass is 16.6. The van der Waals surface area contributed by atoms with Gasteiger partial charge in [0.1, 0.15) is 4.92 Å². The molecule has 2 rings (SSSR count). The van der Waals surface area contributed by atoms with Crippen molar-refractivity contribution < 1.29 is 14.1 Å². The molecule has 0 bridgehead atoms. The Morgan fingerprint density at radius 3 is 2.53 bits per heavy atom. The van der Waals surface area contributed by atoms with Crippen molar-refractivity contribution in [1.29, 1.82) is 0 Å². The second-order valence-electron chi connectivity index (χ2n) is 7.67. The number of amides is 1. The number of allylic oxidation sites excluding steroid dienone is 3. The van der Waals surface area contributed by atoms with E-state index < -0.39 is 4.92 Å². The molecule has 1 fully saturated rings. The maximum atomic E-state index is 12.0. The summed E-state index contributed by atoms with van der Waals surface area (Å²) in [5.41, 5.74) is 5.20. The van der Waals surface area contributed by atoms with Crippen LogP contribution in [0.25, 0.3) is 0 Å². The normalized spacial score (nSPS) is 16.0. The molecular weight excluding hydrogens is 386 g/mol. The number of hydrazone groups is 1. The molecule has 164 valence electrons. The van der Waals surface area contributed by atoms with E-state index in [4.69, 9.17) is 4.42 Å². The van der Waals surface area contributed by atoms with Crippen LogP contribution in [0.4, 0.5) is 5.88 Å². The predicted molar refractivity (Wildman–Crippen MR) is 116 cm³/mol. The summed E-state index contributed by atoms with van der Waals surface area (Å²) in [6.07, 6.45) is 8.00. The third kappa shape index (κ3) is 8.71. The fraction of sp³-hybridized carbons (Fsp3) is 0.524. The monoisotopic (exact) mass is 417 g/mol. The Morgan fingerprint density at radius 1 is 1.20 bits per heavy atom. The smallest absolute Gasteiger partial charge is 0.400 e. The fourth-order valence-electron chi connectivity index (χ4n) is 3.02. The Kier molecular flexibility index (Phi) is 9.43. The van der Waals surface area contributed by atoms with Crippen LogP contribution in [0.1, 0.15) is 39.4 Å². The number of nitrogens with zero attached hydrogens (tertiary/aromatic N) is 4. The second kappa shape index (κ2) is 12.0. The van der Waals surface area contributed by atoms with Crippen LogP contribution in [0, 0.1) is 10.1 Å². The average Bonchev–Trinajstić information content (AvgIpc) is 3.16. The highest BCUT2D eigenvalue weighted by molar-refractivity contribution is 5.81. The number of nitrogens with one attached hydrogen (secondary N) is 1. The molecule has 0 atom stereocenters. The standard InChI is InChI=1S/C21H31N5O4/c1-17(2)5-4-6-18(3)9-10-24-11-13-25(14-12-24)16-20(27)23-22-15-19-7-8-21(30-19)26(28)29/h5,7-9,15H,4,6,10-14,16H2,1-3H3,(H,23,27). The van der Waals surface area contributed by atoms with Crippen LogP contribution in [0.3, 0.4) is 0 Å². The van der Waals surface area contributed by atoms with E-state index in [-0.39, 0.29) is 24.1 Å². The van der Waals surface area contributed by atoms with Gasteiger partial charge in [-0.25, -0.2) is 5.43 Å². The zero-order chi connectivity index (χ0) is 21.9. The molecule has 0 unspecified atom stereocenters. The summed E-state index contributed by atoms with van der Waals surface area (Å²) >= 11 is 0. The minimum Gasteiger partial charge on any atom is -0.400 e. The number of piperazine rings is 1. The van der Waals surface area contributed by atoms with E-state index in [2.05, 4.69) is 53.3 Å². The topological polar surface area (TPSA) is 104 Å². The van der Waals surface area contributed by atoms with E-state index in [1.54, 1.807) is 0 Å². The van der Waals surface area contributed by atoms with E-state index in [0.29, 0.717) is 0 Å². The molecule has 0 saturated carbocycles. The summed E-state index contributed by atoms with van der Waals surface area (Å²) in [5.74, 6) is -0.380. The van der Waals surface area contributed by atoms with Gasteiger partial charge >= 0.3 is 5.88 Å². The third-order valence-corrected chi connectivity index (χ3v) is 4.79. The van der Waals surface area contributed by atoms with E-state index in [9.17, 15) is 14.9 Å². The SMILES string of the molecule is CC(C)=CCCC(C)=CCN1CCN(CC(=O)NN=Cc2ccc([N+](=O)[O-])o2)CC1. The van der Waals surface area contributed by atoms with E-state index in [1.165, 1.54) is 29.5 Å². The first kappa shape index (κ1) is 23.5. The van der Waals surface area contributed by atoms with Crippen LogP contribution in [0.5, 0.6) is 0 Å². The Hall–Kier alpha value is -2.78. The van der Waals surface area contributed by atoms with Crippen LogP contribution in [0.15, 0.2) is 44.9 Å². The Balaban J connectivity index is 1.65. The highest BCUT2D eigenvalue weighted by Gasteiger charge is 2.18. The lowest BCUT2D eigenvalue weighted by Gasteiger charge is -2.33. The number of furan rings is 1. The van der Waals surface area contributed by atoms with Gasteiger partial charge in [-0.1, -0.05) is 23.3 Å². The molecule has 1 saturated heterocycles. The molecule has 9 heteroatoms. The lowest BCUT2D eigenvalue weighted by Crippen LogP contribution is -2.49. The molecule has 0 aromatic carbocycles. The lowest BCUT2D eigenvalue weighted by atomic mass is 10.1. The molecular formula is C21H31N5O4. The third-order valence-electron chi connectivity index (χ3n) is 4.79. The maximum absolute atomic E-state index is 12.0. The second-order valence-corrected chi connectivity index (χ2v) is 7.67. The quantitative estimate of drug-likeness (QED) is 0.272. The van der Waals surface area contributed by atoms with Gasteiger partial charge in [0.2, 0.25) is 0 Å². The number of carbonyl (C=O) groups excluding carboxylic acids is 1. The molecule has 1 aliphatic rings. The van der Waals surface area contributed by atoms with Gasteiger partial charge in [-0.2, -0.15) is 5.10 Å². The minimum atomic E-state index is -0.628. The van der Waals surface area contributed by atoms with Crippen molar-refractivity contribution in [2.24, 2.45) is 5.10 Å². The van der Waals surface area contributed by atoms with Gasteiger partial charge in [0, 0.05) is 32.7 Å². The van der Waals surface area contributed by atoms with Gasteiger partial charge in [-0.3, -0.25) is 24.7 Å². The van der Waals surface area contributed by atoms with Crippen molar-refractivity contribution in [3.05, 3.63) is 51.3 Å². The zero-order valence-electron chi connectivity index (χ0n) is 18.0. The molecule has 0 aliphatic carbocycles. The lowest BCUT2D eigenvalue weighted by molar-refractivity contribution is -0.402. The molecule has 1 N–H and O–H groups in total. The summed E-state index contributed by atoms with van der Waals surface area (Å²) in [4.78, 5) is 26.4. The number of carbonyl (C=O) groups is 1. The predicted octanol–water partition coefficient (Wildman–Crippen LogP) is 2.95. The van der Waals surface area contributed by atoms with Gasteiger partial charge in [-0.15, -0.1) is 0 Å². The Labute approximate surface area is 177 Å². The summed E-state index contributed by atoms with van der Waals surface area (Å²) in [7, 11) is 0. The molecule has 9 nitrogen and oxygen atoms in total.